The monoisotopic (exact) mass is 442 g/mol. The zero-order valence-corrected chi connectivity index (χ0v) is 18.9. The summed E-state index contributed by atoms with van der Waals surface area (Å²) in [6, 6.07) is 18.2. The smallest absolute Gasteiger partial charge is 0.275 e. The molecule has 6 heteroatoms. The minimum Gasteiger partial charge on any atom is -0.339 e. The molecule has 3 atom stereocenters. The molecule has 3 aromatic rings. The van der Waals surface area contributed by atoms with Crippen LogP contribution >= 0.6 is 0 Å². The number of para-hydroxylation sites is 1. The fraction of sp³-hybridized carbons (Fsp3) is 0.444. The van der Waals surface area contributed by atoms with Gasteiger partial charge in [-0.2, -0.15) is 5.10 Å². The molecule has 3 fully saturated rings. The third kappa shape index (κ3) is 3.43. The summed E-state index contributed by atoms with van der Waals surface area (Å²) in [4.78, 5) is 31.0. The van der Waals surface area contributed by atoms with E-state index in [2.05, 4.69) is 34.5 Å². The third-order valence-electron chi connectivity index (χ3n) is 8.29. The highest BCUT2D eigenvalue weighted by Crippen LogP contribution is 2.58. The number of piperazine rings is 1. The van der Waals surface area contributed by atoms with Crippen LogP contribution in [-0.2, 0) is 11.2 Å². The number of benzene rings is 2. The predicted molar refractivity (Wildman–Crippen MR) is 127 cm³/mol. The quantitative estimate of drug-likeness (QED) is 0.666. The highest BCUT2D eigenvalue weighted by Gasteiger charge is 2.56. The van der Waals surface area contributed by atoms with Gasteiger partial charge >= 0.3 is 0 Å². The number of fused-ring (bicyclic) bond motifs is 3. The summed E-state index contributed by atoms with van der Waals surface area (Å²) in [5.41, 5.74) is 2.33. The van der Waals surface area contributed by atoms with E-state index in [1.807, 2.05) is 40.1 Å². The molecule has 2 heterocycles. The summed E-state index contributed by atoms with van der Waals surface area (Å²) in [7, 11) is 0. The maximum atomic E-state index is 14.0. The van der Waals surface area contributed by atoms with Crippen molar-refractivity contribution in [3.05, 3.63) is 65.9 Å². The molecule has 2 bridgehead atoms. The predicted octanol–water partition coefficient (Wildman–Crippen LogP) is 3.90. The first kappa shape index (κ1) is 20.5. The molecule has 6 rings (SSSR count). The van der Waals surface area contributed by atoms with Gasteiger partial charge in [-0.3, -0.25) is 14.7 Å². The number of rotatable bonds is 4. The fourth-order valence-electron chi connectivity index (χ4n) is 6.66. The van der Waals surface area contributed by atoms with Crippen molar-refractivity contribution in [2.24, 2.45) is 17.3 Å². The first-order valence-corrected chi connectivity index (χ1v) is 12.2. The van der Waals surface area contributed by atoms with Crippen molar-refractivity contribution < 1.29 is 9.59 Å². The molecular weight excluding hydrogens is 412 g/mol. The van der Waals surface area contributed by atoms with Crippen molar-refractivity contribution in [1.82, 2.24) is 20.0 Å². The molecule has 3 aliphatic rings. The molecule has 1 aliphatic heterocycles. The van der Waals surface area contributed by atoms with Crippen LogP contribution in [0.3, 0.4) is 0 Å². The van der Waals surface area contributed by atoms with Gasteiger partial charge in [0.15, 0.2) is 5.69 Å². The SMILES string of the molecule is O=C(c1n[nH]c2ccccc12)N1CCN(C(=O)C2(Cc3ccccc3)CC3CCC2C3)CC1. The number of aromatic nitrogens is 2. The van der Waals surface area contributed by atoms with Crippen LogP contribution in [-0.4, -0.2) is 58.0 Å². The number of hydrogen-bond acceptors (Lipinski definition) is 3. The van der Waals surface area contributed by atoms with Crippen LogP contribution in [0, 0.1) is 17.3 Å². The van der Waals surface area contributed by atoms with Crippen molar-refractivity contribution in [3.8, 4) is 0 Å². The van der Waals surface area contributed by atoms with E-state index in [4.69, 9.17) is 0 Å². The molecule has 2 aromatic carbocycles. The number of nitrogens with zero attached hydrogens (tertiary/aromatic N) is 3. The van der Waals surface area contributed by atoms with Crippen molar-refractivity contribution in [2.45, 2.75) is 32.1 Å². The lowest BCUT2D eigenvalue weighted by Crippen LogP contribution is -2.56. The van der Waals surface area contributed by atoms with Crippen molar-refractivity contribution in [2.75, 3.05) is 26.2 Å². The lowest BCUT2D eigenvalue weighted by molar-refractivity contribution is -0.147. The number of amides is 2. The van der Waals surface area contributed by atoms with E-state index >= 15 is 0 Å². The van der Waals surface area contributed by atoms with Crippen molar-refractivity contribution >= 4 is 22.7 Å². The normalized spacial score (nSPS) is 26.8. The Morgan fingerprint density at radius 1 is 0.939 bits per heavy atom. The molecule has 2 saturated carbocycles. The molecule has 1 saturated heterocycles. The van der Waals surface area contributed by atoms with Crippen LogP contribution in [0.2, 0.25) is 0 Å². The van der Waals surface area contributed by atoms with Crippen molar-refractivity contribution in [1.29, 1.82) is 0 Å². The Balaban J connectivity index is 1.18. The highest BCUT2D eigenvalue weighted by atomic mass is 16.2. The number of carbonyl (C=O) groups is 2. The van der Waals surface area contributed by atoms with Gasteiger partial charge in [-0.1, -0.05) is 55.0 Å². The van der Waals surface area contributed by atoms with E-state index in [0.29, 0.717) is 49.6 Å². The van der Waals surface area contributed by atoms with E-state index in [9.17, 15) is 9.59 Å². The van der Waals surface area contributed by atoms with Crippen LogP contribution in [0.1, 0.15) is 41.7 Å². The zero-order valence-electron chi connectivity index (χ0n) is 18.9. The average molecular weight is 443 g/mol. The first-order chi connectivity index (χ1) is 16.1. The third-order valence-corrected chi connectivity index (χ3v) is 8.29. The maximum absolute atomic E-state index is 14.0. The fourth-order valence-corrected chi connectivity index (χ4v) is 6.66. The Morgan fingerprint density at radius 2 is 1.67 bits per heavy atom. The van der Waals surface area contributed by atoms with Gasteiger partial charge in [-0.15, -0.1) is 0 Å². The van der Waals surface area contributed by atoms with E-state index in [1.165, 1.54) is 24.8 Å². The molecule has 6 nitrogen and oxygen atoms in total. The second-order valence-electron chi connectivity index (χ2n) is 10.1. The van der Waals surface area contributed by atoms with Crippen LogP contribution < -0.4 is 0 Å². The molecule has 0 spiro atoms. The minimum atomic E-state index is -0.269. The van der Waals surface area contributed by atoms with Crippen LogP contribution in [0.4, 0.5) is 0 Å². The van der Waals surface area contributed by atoms with Gasteiger partial charge in [0.25, 0.3) is 5.91 Å². The Kier molecular flexibility index (Phi) is 4.97. The summed E-state index contributed by atoms with van der Waals surface area (Å²) in [6.07, 6.45) is 5.50. The minimum absolute atomic E-state index is 0.0570. The van der Waals surface area contributed by atoms with Gasteiger partial charge in [0, 0.05) is 31.6 Å². The van der Waals surface area contributed by atoms with E-state index < -0.39 is 0 Å². The molecule has 3 unspecified atom stereocenters. The van der Waals surface area contributed by atoms with Gasteiger partial charge < -0.3 is 9.80 Å². The van der Waals surface area contributed by atoms with Crippen molar-refractivity contribution in [3.63, 3.8) is 0 Å². The average Bonchev–Trinajstić information content (AvgIpc) is 3.59. The first-order valence-electron chi connectivity index (χ1n) is 12.2. The number of aromatic amines is 1. The lowest BCUT2D eigenvalue weighted by atomic mass is 9.68. The summed E-state index contributed by atoms with van der Waals surface area (Å²) in [5, 5.41) is 8.08. The standard InChI is InChI=1S/C27H30N4O2/c32-25(24-22-8-4-5-9-23(22)28-29-24)30-12-14-31(15-13-30)26(33)27(17-19-6-2-1-3-7-19)18-20-10-11-21(27)16-20/h1-9,20-21H,10-18H2,(H,28,29). The molecule has 2 aliphatic carbocycles. The van der Waals surface area contributed by atoms with E-state index in [0.717, 1.165) is 23.7 Å². The second-order valence-corrected chi connectivity index (χ2v) is 10.1. The molecular formula is C27H30N4O2. The Morgan fingerprint density at radius 3 is 2.39 bits per heavy atom. The molecule has 1 aromatic heterocycles. The summed E-state index contributed by atoms with van der Waals surface area (Å²) < 4.78 is 0. The molecule has 170 valence electrons. The summed E-state index contributed by atoms with van der Waals surface area (Å²) in [6.45, 7) is 2.31. The van der Waals surface area contributed by atoms with E-state index in [-0.39, 0.29) is 11.3 Å². The Labute approximate surface area is 194 Å². The zero-order chi connectivity index (χ0) is 22.4. The van der Waals surface area contributed by atoms with Crippen LogP contribution in [0.5, 0.6) is 0 Å². The Bertz CT molecular complexity index is 1180. The van der Waals surface area contributed by atoms with Crippen LogP contribution in [0.25, 0.3) is 10.9 Å². The largest absolute Gasteiger partial charge is 0.339 e. The molecule has 2 amide bonds. The summed E-state index contributed by atoms with van der Waals surface area (Å²) in [5.74, 6) is 1.44. The highest BCUT2D eigenvalue weighted by molar-refractivity contribution is 6.04. The maximum Gasteiger partial charge on any atom is 0.275 e. The van der Waals surface area contributed by atoms with Gasteiger partial charge in [0.1, 0.15) is 0 Å². The van der Waals surface area contributed by atoms with Gasteiger partial charge in [-0.25, -0.2) is 0 Å². The molecule has 0 radical (unpaired) electrons. The van der Waals surface area contributed by atoms with Crippen LogP contribution in [0.15, 0.2) is 54.6 Å². The molecule has 1 N–H and O–H groups in total. The van der Waals surface area contributed by atoms with Gasteiger partial charge in [-0.05, 0) is 49.1 Å². The summed E-state index contributed by atoms with van der Waals surface area (Å²) >= 11 is 0. The molecule has 33 heavy (non-hydrogen) atoms. The number of H-pyrrole nitrogens is 1. The number of hydrogen-bond donors (Lipinski definition) is 1. The lowest BCUT2D eigenvalue weighted by Gasteiger charge is -2.43. The van der Waals surface area contributed by atoms with E-state index in [1.54, 1.807) is 0 Å². The van der Waals surface area contributed by atoms with Gasteiger partial charge in [0.05, 0.1) is 10.9 Å². The topological polar surface area (TPSA) is 69.3 Å². The Hall–Kier alpha value is -3.15. The second kappa shape index (κ2) is 8.01. The number of carbonyl (C=O) groups excluding carboxylic acids is 2. The van der Waals surface area contributed by atoms with Gasteiger partial charge in [0.2, 0.25) is 5.91 Å². The number of nitrogens with one attached hydrogen (secondary N) is 1.